The topological polar surface area (TPSA) is 156 Å². The summed E-state index contributed by atoms with van der Waals surface area (Å²) in [7, 11) is 3.59. The van der Waals surface area contributed by atoms with Gasteiger partial charge in [0.15, 0.2) is 0 Å². The monoisotopic (exact) mass is 785 g/mol. The van der Waals surface area contributed by atoms with E-state index < -0.39 is 29.7 Å². The van der Waals surface area contributed by atoms with Gasteiger partial charge in [0.1, 0.15) is 17.4 Å². The van der Waals surface area contributed by atoms with Crippen LogP contribution < -0.4 is 21.2 Å². The highest BCUT2D eigenvalue weighted by atomic mass is 19.4. The molecule has 1 aliphatic carbocycles. The lowest BCUT2D eigenvalue weighted by molar-refractivity contribution is -0.141. The number of aromatic nitrogens is 5. The van der Waals surface area contributed by atoms with Gasteiger partial charge in [-0.25, -0.2) is 9.78 Å². The predicted molar refractivity (Wildman–Crippen MR) is 205 cm³/mol. The van der Waals surface area contributed by atoms with Crippen LogP contribution in [-0.4, -0.2) is 78.6 Å². The van der Waals surface area contributed by atoms with Crippen molar-refractivity contribution >= 4 is 56.9 Å². The van der Waals surface area contributed by atoms with Crippen molar-refractivity contribution in [1.29, 1.82) is 0 Å². The molecule has 1 unspecified atom stereocenters. The fourth-order valence-corrected chi connectivity index (χ4v) is 8.68. The van der Waals surface area contributed by atoms with Crippen molar-refractivity contribution < 1.29 is 32.3 Å². The lowest BCUT2D eigenvalue weighted by Crippen LogP contribution is -2.47. The van der Waals surface area contributed by atoms with Gasteiger partial charge >= 0.3 is 11.9 Å². The highest BCUT2D eigenvalue weighted by Crippen LogP contribution is 2.36. The predicted octanol–water partition coefficient (Wildman–Crippen LogP) is 5.19. The largest absolute Gasteiger partial charge is 0.433 e. The average Bonchev–Trinajstić information content (AvgIpc) is 3.75. The summed E-state index contributed by atoms with van der Waals surface area (Å²) in [6.45, 7) is 1.37. The van der Waals surface area contributed by atoms with Gasteiger partial charge in [0, 0.05) is 62.8 Å². The molecule has 4 amide bonds. The van der Waals surface area contributed by atoms with E-state index in [2.05, 4.69) is 20.5 Å². The minimum absolute atomic E-state index is 0.0676. The van der Waals surface area contributed by atoms with Crippen LogP contribution in [0.3, 0.4) is 0 Å². The molecule has 2 aliphatic heterocycles. The quantitative estimate of drug-likeness (QED) is 0.214. The number of pyridine rings is 1. The molecule has 0 radical (unpaired) electrons. The van der Waals surface area contributed by atoms with Crippen LogP contribution in [0.5, 0.6) is 0 Å². The molecule has 0 spiro atoms. The molecule has 5 heterocycles. The number of amides is 4. The third kappa shape index (κ3) is 7.26. The summed E-state index contributed by atoms with van der Waals surface area (Å²) in [5, 5.41) is 10.5. The molecular formula is C40H42F3N9O5. The highest BCUT2D eigenvalue weighted by Gasteiger charge is 2.36. The van der Waals surface area contributed by atoms with E-state index >= 15 is 0 Å². The van der Waals surface area contributed by atoms with Gasteiger partial charge in [-0.3, -0.25) is 38.3 Å². The first-order valence-electron chi connectivity index (χ1n) is 19.2. The van der Waals surface area contributed by atoms with Crippen LogP contribution in [0, 0.1) is 5.92 Å². The Morgan fingerprint density at radius 2 is 1.67 bits per heavy atom. The number of para-hydroxylation sites is 1. The molecule has 3 fully saturated rings. The number of imide groups is 1. The summed E-state index contributed by atoms with van der Waals surface area (Å²) in [6, 6.07) is 13.4. The molecule has 8 rings (SSSR count). The minimum atomic E-state index is -4.66. The highest BCUT2D eigenvalue weighted by molar-refractivity contribution is 6.04. The first-order chi connectivity index (χ1) is 27.3. The number of piperidine rings is 2. The molecular weight excluding hydrogens is 743 g/mol. The third-order valence-corrected chi connectivity index (χ3v) is 11.8. The van der Waals surface area contributed by atoms with Gasteiger partial charge in [0.2, 0.25) is 17.7 Å². The number of carbonyl (C=O) groups is 4. The standard InChI is InChI=1S/C40H42F3N9O5/c1-48(26-17-19-50(20-18-26)30-6-4-7-31-35(30)49(2)39(57)52(31)32-15-16-34(53)46-37(32)55)38(56)23-9-12-27(13-10-23)51-22-24-21-25(11-14-28(24)47-51)44-36(54)29-5-3-8-33(45-29)40(41,42)43/h3-8,11,14,21-23,26-27,32H,9-10,12-13,15-20H2,1-2H3,(H,44,54)(H,46,53,55)/t23-,27-,32?. The van der Waals surface area contributed by atoms with Gasteiger partial charge < -0.3 is 15.1 Å². The Hall–Kier alpha value is -6.00. The van der Waals surface area contributed by atoms with Crippen molar-refractivity contribution in [1.82, 2.24) is 34.1 Å². The van der Waals surface area contributed by atoms with Crippen LogP contribution in [0.2, 0.25) is 0 Å². The molecule has 1 atom stereocenters. The number of nitrogens with zero attached hydrogens (tertiary/aromatic N) is 7. The van der Waals surface area contributed by atoms with Crippen molar-refractivity contribution in [3.63, 3.8) is 0 Å². The Balaban J connectivity index is 0.865. The normalized spacial score (nSPS) is 20.9. The number of aryl methyl sites for hydroxylation is 1. The molecule has 298 valence electrons. The van der Waals surface area contributed by atoms with E-state index in [9.17, 15) is 37.1 Å². The van der Waals surface area contributed by atoms with E-state index in [0.717, 1.165) is 54.4 Å². The lowest BCUT2D eigenvalue weighted by Gasteiger charge is -2.40. The molecule has 5 aromatic rings. The van der Waals surface area contributed by atoms with E-state index in [-0.39, 0.29) is 54.0 Å². The van der Waals surface area contributed by atoms with Crippen LogP contribution in [0.25, 0.3) is 21.9 Å². The van der Waals surface area contributed by atoms with Crippen molar-refractivity contribution in [3.8, 4) is 0 Å². The third-order valence-electron chi connectivity index (χ3n) is 11.8. The van der Waals surface area contributed by atoms with Gasteiger partial charge in [-0.1, -0.05) is 12.1 Å². The number of fused-ring (bicyclic) bond motifs is 2. The summed E-state index contributed by atoms with van der Waals surface area (Å²) in [4.78, 5) is 72.0. The SMILES string of the molecule is CN(C(=O)[C@H]1CC[C@H](n2cc3cc(NC(=O)c4cccc(C(F)(F)F)n4)ccc3n2)CC1)C1CCN(c2cccc3c2n(C)c(=O)n3C2CCC(=O)NC2=O)CC1. The summed E-state index contributed by atoms with van der Waals surface area (Å²) in [6.07, 6.45) is 2.15. The van der Waals surface area contributed by atoms with Gasteiger partial charge in [-0.05, 0) is 87.4 Å². The lowest BCUT2D eigenvalue weighted by atomic mass is 9.84. The first-order valence-corrected chi connectivity index (χ1v) is 19.2. The molecule has 57 heavy (non-hydrogen) atoms. The van der Waals surface area contributed by atoms with Gasteiger partial charge in [-0.15, -0.1) is 0 Å². The fourth-order valence-electron chi connectivity index (χ4n) is 8.68. The number of benzene rings is 2. The number of halogens is 3. The van der Waals surface area contributed by atoms with Crippen LogP contribution in [0.4, 0.5) is 24.5 Å². The van der Waals surface area contributed by atoms with Gasteiger partial charge in [0.05, 0.1) is 28.3 Å². The molecule has 1 saturated carbocycles. The van der Waals surface area contributed by atoms with Crippen molar-refractivity contribution in [2.45, 2.75) is 75.7 Å². The molecule has 2 saturated heterocycles. The number of rotatable bonds is 7. The summed E-state index contributed by atoms with van der Waals surface area (Å²) in [5.74, 6) is -1.52. The smallest absolute Gasteiger partial charge is 0.370 e. The van der Waals surface area contributed by atoms with Crippen molar-refractivity contribution in [2.24, 2.45) is 13.0 Å². The second-order valence-corrected chi connectivity index (χ2v) is 15.2. The zero-order chi connectivity index (χ0) is 40.2. The Kier molecular flexibility index (Phi) is 9.85. The number of imidazole rings is 1. The van der Waals surface area contributed by atoms with Crippen LogP contribution >= 0.6 is 0 Å². The Morgan fingerprint density at radius 1 is 0.930 bits per heavy atom. The Bertz CT molecular complexity index is 2460. The Morgan fingerprint density at radius 3 is 2.39 bits per heavy atom. The van der Waals surface area contributed by atoms with Crippen LogP contribution in [-0.2, 0) is 27.6 Å². The molecule has 3 aromatic heterocycles. The van der Waals surface area contributed by atoms with Crippen molar-refractivity contribution in [3.05, 3.63) is 82.7 Å². The van der Waals surface area contributed by atoms with Crippen LogP contribution in [0.1, 0.15) is 79.6 Å². The number of hydrogen-bond acceptors (Lipinski definition) is 8. The maximum absolute atomic E-state index is 13.8. The molecule has 0 bridgehead atoms. The Labute approximate surface area is 324 Å². The van der Waals surface area contributed by atoms with Crippen molar-refractivity contribution in [2.75, 3.05) is 30.4 Å². The van der Waals surface area contributed by atoms with E-state index in [4.69, 9.17) is 5.10 Å². The molecule has 3 aliphatic rings. The van der Waals surface area contributed by atoms with Gasteiger partial charge in [0.25, 0.3) is 5.91 Å². The number of nitrogens with one attached hydrogen (secondary N) is 2. The van der Waals surface area contributed by atoms with Crippen LogP contribution in [0.15, 0.2) is 65.6 Å². The summed E-state index contributed by atoms with van der Waals surface area (Å²) < 4.78 is 44.2. The minimum Gasteiger partial charge on any atom is -0.370 e. The zero-order valence-electron chi connectivity index (χ0n) is 31.5. The zero-order valence-corrected chi connectivity index (χ0v) is 31.5. The number of carbonyl (C=O) groups excluding carboxylic acids is 4. The first kappa shape index (κ1) is 37.9. The summed E-state index contributed by atoms with van der Waals surface area (Å²) in [5.41, 5.74) is 1.59. The molecule has 2 aromatic carbocycles. The molecule has 2 N–H and O–H groups in total. The summed E-state index contributed by atoms with van der Waals surface area (Å²) >= 11 is 0. The van der Waals surface area contributed by atoms with E-state index in [1.54, 1.807) is 29.8 Å². The molecule has 17 heteroatoms. The number of hydrogen-bond donors (Lipinski definition) is 2. The van der Waals surface area contributed by atoms with E-state index in [1.165, 1.54) is 10.6 Å². The molecule has 14 nitrogen and oxygen atoms in total. The van der Waals surface area contributed by atoms with E-state index in [0.29, 0.717) is 42.7 Å². The number of alkyl halides is 3. The maximum atomic E-state index is 13.8. The second kappa shape index (κ2) is 14.8. The number of anilines is 2. The maximum Gasteiger partial charge on any atom is 0.433 e. The second-order valence-electron chi connectivity index (χ2n) is 15.2. The van der Waals surface area contributed by atoms with E-state index in [1.807, 2.05) is 41.0 Å². The fraction of sp³-hybridized carbons (Fsp3) is 0.425. The van der Waals surface area contributed by atoms with Gasteiger partial charge in [-0.2, -0.15) is 18.3 Å². The average molecular weight is 786 g/mol.